The van der Waals surface area contributed by atoms with Crippen LogP contribution in [-0.2, 0) is 11.3 Å². The van der Waals surface area contributed by atoms with Crippen molar-refractivity contribution >= 4 is 0 Å². The fraction of sp³-hybridized carbons (Fsp3) is 0.550. The minimum atomic E-state index is 0.120. The molecular formula is C20H24N4O2. The van der Waals surface area contributed by atoms with Gasteiger partial charge in [-0.1, -0.05) is 0 Å². The largest absolute Gasteiger partial charge is 0.381 e. The van der Waals surface area contributed by atoms with Crippen LogP contribution < -0.4 is 5.56 Å². The SMILES string of the molecule is O=c1ccc(-c2cncnc2)c2n1CC1CC2CN(C2CCOCC2)C1. The third kappa shape index (κ3) is 2.77. The molecule has 0 N–H and O–H groups in total. The van der Waals surface area contributed by atoms with Crippen molar-refractivity contribution in [1.82, 2.24) is 19.4 Å². The van der Waals surface area contributed by atoms with Gasteiger partial charge in [-0.25, -0.2) is 9.97 Å². The Kier molecular flexibility index (Phi) is 4.10. The van der Waals surface area contributed by atoms with E-state index in [-0.39, 0.29) is 5.56 Å². The van der Waals surface area contributed by atoms with E-state index in [1.165, 1.54) is 12.1 Å². The zero-order chi connectivity index (χ0) is 17.5. The van der Waals surface area contributed by atoms with Gasteiger partial charge in [0.1, 0.15) is 6.33 Å². The van der Waals surface area contributed by atoms with Crippen molar-refractivity contribution in [3.63, 3.8) is 0 Å². The Morgan fingerprint density at radius 2 is 1.85 bits per heavy atom. The first-order valence-electron chi connectivity index (χ1n) is 9.60. The molecule has 2 atom stereocenters. The van der Waals surface area contributed by atoms with Gasteiger partial charge in [-0.2, -0.15) is 0 Å². The third-order valence-electron chi connectivity index (χ3n) is 6.20. The Morgan fingerprint density at radius 1 is 1.04 bits per heavy atom. The lowest BCUT2D eigenvalue weighted by atomic mass is 9.80. The molecule has 2 aromatic heterocycles. The normalized spacial score (nSPS) is 26.5. The van der Waals surface area contributed by atoms with Gasteiger partial charge >= 0.3 is 0 Å². The van der Waals surface area contributed by atoms with Crippen molar-refractivity contribution in [1.29, 1.82) is 0 Å². The van der Waals surface area contributed by atoms with E-state index in [0.717, 1.165) is 56.8 Å². The first-order chi connectivity index (χ1) is 12.8. The van der Waals surface area contributed by atoms with E-state index in [1.807, 2.05) is 23.0 Å². The molecule has 136 valence electrons. The molecule has 3 aliphatic heterocycles. The number of piperidine rings is 1. The Hall–Kier alpha value is -2.05. The van der Waals surface area contributed by atoms with E-state index >= 15 is 0 Å². The van der Waals surface area contributed by atoms with Gasteiger partial charge in [0.15, 0.2) is 0 Å². The molecule has 3 aliphatic rings. The highest BCUT2D eigenvalue weighted by atomic mass is 16.5. The molecule has 6 nitrogen and oxygen atoms in total. The highest BCUT2D eigenvalue weighted by molar-refractivity contribution is 5.65. The van der Waals surface area contributed by atoms with Crippen molar-refractivity contribution in [3.05, 3.63) is 46.9 Å². The summed E-state index contributed by atoms with van der Waals surface area (Å²) in [4.78, 5) is 23.6. The van der Waals surface area contributed by atoms with Gasteiger partial charge in [-0.3, -0.25) is 9.69 Å². The number of aromatic nitrogens is 3. The highest BCUT2D eigenvalue weighted by Gasteiger charge is 2.38. The molecule has 2 fully saturated rings. The lowest BCUT2D eigenvalue weighted by molar-refractivity contribution is 0.00597. The van der Waals surface area contributed by atoms with Gasteiger partial charge in [0.05, 0.1) is 0 Å². The van der Waals surface area contributed by atoms with Crippen molar-refractivity contribution in [2.24, 2.45) is 5.92 Å². The minimum absolute atomic E-state index is 0.120. The molecule has 5 heterocycles. The van der Waals surface area contributed by atoms with Gasteiger partial charge in [0.25, 0.3) is 5.56 Å². The van der Waals surface area contributed by atoms with Gasteiger partial charge in [0.2, 0.25) is 0 Å². The zero-order valence-electron chi connectivity index (χ0n) is 14.9. The van der Waals surface area contributed by atoms with Crippen LogP contribution in [0.15, 0.2) is 35.6 Å². The van der Waals surface area contributed by atoms with E-state index in [0.29, 0.717) is 17.9 Å². The van der Waals surface area contributed by atoms with Crippen molar-refractivity contribution in [2.75, 3.05) is 26.3 Å². The predicted molar refractivity (Wildman–Crippen MR) is 98.0 cm³/mol. The maximum Gasteiger partial charge on any atom is 0.250 e. The summed E-state index contributed by atoms with van der Waals surface area (Å²) in [6, 6.07) is 4.28. The predicted octanol–water partition coefficient (Wildman–Crippen LogP) is 1.90. The number of hydrogen-bond acceptors (Lipinski definition) is 5. The van der Waals surface area contributed by atoms with Crippen LogP contribution in [0.4, 0.5) is 0 Å². The molecule has 0 spiro atoms. The van der Waals surface area contributed by atoms with Gasteiger partial charge < -0.3 is 9.30 Å². The summed E-state index contributed by atoms with van der Waals surface area (Å²) in [5.74, 6) is 0.957. The summed E-state index contributed by atoms with van der Waals surface area (Å²) in [6.45, 7) is 4.71. The zero-order valence-corrected chi connectivity index (χ0v) is 14.9. The molecule has 0 radical (unpaired) electrons. The van der Waals surface area contributed by atoms with Gasteiger partial charge in [0, 0.05) is 80.1 Å². The first-order valence-corrected chi connectivity index (χ1v) is 9.60. The van der Waals surface area contributed by atoms with Crippen LogP contribution in [0.3, 0.4) is 0 Å². The summed E-state index contributed by atoms with van der Waals surface area (Å²) in [7, 11) is 0. The molecule has 2 unspecified atom stereocenters. The van der Waals surface area contributed by atoms with E-state index in [9.17, 15) is 4.79 Å². The van der Waals surface area contributed by atoms with E-state index in [2.05, 4.69) is 14.9 Å². The summed E-state index contributed by atoms with van der Waals surface area (Å²) in [5, 5.41) is 0. The summed E-state index contributed by atoms with van der Waals surface area (Å²) in [6.07, 6.45) is 8.66. The van der Waals surface area contributed by atoms with Crippen molar-refractivity contribution in [3.8, 4) is 11.1 Å². The second kappa shape index (κ2) is 6.59. The average molecular weight is 352 g/mol. The fourth-order valence-electron chi connectivity index (χ4n) is 5.08. The summed E-state index contributed by atoms with van der Waals surface area (Å²) >= 11 is 0. The second-order valence-electron chi connectivity index (χ2n) is 7.80. The highest BCUT2D eigenvalue weighted by Crippen LogP contribution is 2.40. The van der Waals surface area contributed by atoms with E-state index in [4.69, 9.17) is 4.74 Å². The van der Waals surface area contributed by atoms with Crippen LogP contribution in [-0.4, -0.2) is 51.8 Å². The standard InChI is InChI=1S/C20H24N4O2/c25-19-2-1-18(16-8-21-13-22-9-16)20-15-7-14(11-24(19)20)10-23(12-15)17-3-5-26-6-4-17/h1-2,8-9,13-15,17H,3-7,10-12H2. The number of fused-ring (bicyclic) bond motifs is 4. The lowest BCUT2D eigenvalue weighted by Crippen LogP contribution is -2.51. The van der Waals surface area contributed by atoms with Gasteiger partial charge in [-0.05, 0) is 31.2 Å². The van der Waals surface area contributed by atoms with Crippen molar-refractivity contribution < 1.29 is 4.74 Å². The number of pyridine rings is 1. The number of likely N-dealkylation sites (tertiary alicyclic amines) is 1. The minimum Gasteiger partial charge on any atom is -0.381 e. The van der Waals surface area contributed by atoms with Crippen LogP contribution in [0.2, 0.25) is 0 Å². The Labute approximate surface area is 152 Å². The molecule has 2 aromatic rings. The Morgan fingerprint density at radius 3 is 2.65 bits per heavy atom. The monoisotopic (exact) mass is 352 g/mol. The van der Waals surface area contributed by atoms with E-state index < -0.39 is 0 Å². The molecule has 2 saturated heterocycles. The number of ether oxygens (including phenoxy) is 1. The van der Waals surface area contributed by atoms with Crippen LogP contribution in [0.1, 0.15) is 30.9 Å². The van der Waals surface area contributed by atoms with Crippen LogP contribution in [0.5, 0.6) is 0 Å². The maximum absolute atomic E-state index is 12.6. The summed E-state index contributed by atoms with van der Waals surface area (Å²) in [5.41, 5.74) is 3.41. The third-order valence-corrected chi connectivity index (χ3v) is 6.20. The smallest absolute Gasteiger partial charge is 0.250 e. The molecule has 2 bridgehead atoms. The average Bonchev–Trinajstić information content (AvgIpc) is 2.70. The maximum atomic E-state index is 12.6. The topological polar surface area (TPSA) is 60.2 Å². The van der Waals surface area contributed by atoms with E-state index in [1.54, 1.807) is 12.4 Å². The number of rotatable bonds is 2. The van der Waals surface area contributed by atoms with Crippen LogP contribution in [0.25, 0.3) is 11.1 Å². The Balaban J connectivity index is 1.54. The second-order valence-corrected chi connectivity index (χ2v) is 7.80. The molecule has 0 aliphatic carbocycles. The van der Waals surface area contributed by atoms with Gasteiger partial charge in [-0.15, -0.1) is 0 Å². The molecule has 0 saturated carbocycles. The molecule has 6 heteroatoms. The first kappa shape index (κ1) is 16.1. The lowest BCUT2D eigenvalue weighted by Gasteiger charge is -2.47. The number of nitrogens with zero attached hydrogens (tertiary/aromatic N) is 4. The van der Waals surface area contributed by atoms with Crippen molar-refractivity contribution in [2.45, 2.75) is 37.8 Å². The molecule has 0 amide bonds. The van der Waals surface area contributed by atoms with Crippen LogP contribution >= 0.6 is 0 Å². The number of hydrogen-bond donors (Lipinski definition) is 0. The fourth-order valence-corrected chi connectivity index (χ4v) is 5.08. The quantitative estimate of drug-likeness (QED) is 0.826. The van der Waals surface area contributed by atoms with Crippen LogP contribution in [0, 0.1) is 5.92 Å². The molecule has 0 aromatic carbocycles. The summed E-state index contributed by atoms with van der Waals surface area (Å²) < 4.78 is 7.56. The molecule has 26 heavy (non-hydrogen) atoms. The Bertz CT molecular complexity index is 845. The molecule has 5 rings (SSSR count). The molecular weight excluding hydrogens is 328 g/mol.